The summed E-state index contributed by atoms with van der Waals surface area (Å²) >= 11 is 5.68. The van der Waals surface area contributed by atoms with Gasteiger partial charge in [0.1, 0.15) is 11.6 Å². The van der Waals surface area contributed by atoms with Gasteiger partial charge in [-0.15, -0.1) is 0 Å². The van der Waals surface area contributed by atoms with Crippen molar-refractivity contribution in [1.29, 1.82) is 0 Å². The fourth-order valence-corrected chi connectivity index (χ4v) is 1.61. The van der Waals surface area contributed by atoms with Crippen molar-refractivity contribution in [3.8, 4) is 0 Å². The molecule has 0 fully saturated rings. The van der Waals surface area contributed by atoms with Crippen LogP contribution in [-0.2, 0) is 0 Å². The number of amides is 1. The number of hydrazine groups is 1. The summed E-state index contributed by atoms with van der Waals surface area (Å²) < 4.78 is 13.4. The molecule has 2 rings (SSSR count). The maximum atomic E-state index is 13.4. The number of nitrogens with two attached hydrogens (primary N) is 1. The maximum absolute atomic E-state index is 13.4. The highest BCUT2D eigenvalue weighted by atomic mass is 35.5. The molecule has 0 aliphatic heterocycles. The summed E-state index contributed by atoms with van der Waals surface area (Å²) in [6.07, 6.45) is 1.39. The van der Waals surface area contributed by atoms with Crippen molar-refractivity contribution < 1.29 is 9.18 Å². The molecule has 19 heavy (non-hydrogen) atoms. The van der Waals surface area contributed by atoms with Gasteiger partial charge in [-0.05, 0) is 24.3 Å². The first-order valence-electron chi connectivity index (χ1n) is 5.30. The predicted octanol–water partition coefficient (Wildman–Crippen LogP) is 2.41. The van der Waals surface area contributed by atoms with Crippen LogP contribution >= 0.6 is 11.6 Å². The number of carbonyl (C=O) groups is 1. The Hall–Kier alpha value is -2.18. The zero-order valence-corrected chi connectivity index (χ0v) is 10.4. The lowest BCUT2D eigenvalue weighted by Gasteiger charge is -2.09. The maximum Gasteiger partial charge on any atom is 0.259 e. The minimum atomic E-state index is -0.612. The molecule has 0 spiro atoms. The second-order valence-electron chi connectivity index (χ2n) is 3.62. The van der Waals surface area contributed by atoms with Crippen molar-refractivity contribution in [1.82, 2.24) is 4.98 Å². The van der Waals surface area contributed by atoms with Crippen LogP contribution in [0.5, 0.6) is 0 Å². The summed E-state index contributed by atoms with van der Waals surface area (Å²) in [6.45, 7) is 0. The second-order valence-corrected chi connectivity index (χ2v) is 4.06. The molecule has 1 heterocycles. The van der Waals surface area contributed by atoms with E-state index in [9.17, 15) is 9.18 Å². The number of para-hydroxylation sites is 1. The average molecular weight is 281 g/mol. The first-order chi connectivity index (χ1) is 9.11. The number of rotatable bonds is 3. The van der Waals surface area contributed by atoms with E-state index in [1.807, 2.05) is 0 Å². The van der Waals surface area contributed by atoms with Gasteiger partial charge < -0.3 is 10.7 Å². The van der Waals surface area contributed by atoms with Crippen molar-refractivity contribution in [3.63, 3.8) is 0 Å². The van der Waals surface area contributed by atoms with Crippen LogP contribution < -0.4 is 16.6 Å². The molecule has 1 aromatic carbocycles. The highest BCUT2D eigenvalue weighted by molar-refractivity contribution is 6.30. The highest BCUT2D eigenvalue weighted by Gasteiger charge is 2.14. The van der Waals surface area contributed by atoms with Crippen LogP contribution in [0.4, 0.5) is 15.9 Å². The van der Waals surface area contributed by atoms with Crippen LogP contribution in [-0.4, -0.2) is 10.9 Å². The number of nitrogens with one attached hydrogen (secondary N) is 2. The number of halogens is 2. The first-order valence-corrected chi connectivity index (χ1v) is 5.67. The Balaban J connectivity index is 2.25. The van der Waals surface area contributed by atoms with E-state index in [0.29, 0.717) is 10.8 Å². The molecule has 0 aliphatic carbocycles. The SMILES string of the molecule is NNc1c(F)cccc1C(=O)Nc1ccc(Cl)cn1. The van der Waals surface area contributed by atoms with Gasteiger partial charge in [0.05, 0.1) is 16.3 Å². The van der Waals surface area contributed by atoms with E-state index in [4.69, 9.17) is 17.4 Å². The summed E-state index contributed by atoms with van der Waals surface area (Å²) in [7, 11) is 0. The Morgan fingerprint density at radius 2 is 2.11 bits per heavy atom. The first kappa shape index (κ1) is 13.3. The third-order valence-corrected chi connectivity index (χ3v) is 2.60. The number of pyridine rings is 1. The van der Waals surface area contributed by atoms with Gasteiger partial charge in [-0.2, -0.15) is 0 Å². The minimum Gasteiger partial charge on any atom is -0.321 e. The molecule has 0 aliphatic rings. The molecule has 7 heteroatoms. The molecule has 4 N–H and O–H groups in total. The molecule has 1 aromatic heterocycles. The zero-order chi connectivity index (χ0) is 13.8. The molecule has 5 nitrogen and oxygen atoms in total. The Kier molecular flexibility index (Phi) is 3.94. The monoisotopic (exact) mass is 280 g/mol. The van der Waals surface area contributed by atoms with Gasteiger partial charge in [0.2, 0.25) is 0 Å². The van der Waals surface area contributed by atoms with Crippen molar-refractivity contribution in [3.05, 3.63) is 52.9 Å². The van der Waals surface area contributed by atoms with Gasteiger partial charge in [0.25, 0.3) is 5.91 Å². The summed E-state index contributed by atoms with van der Waals surface area (Å²) in [5.41, 5.74) is 2.17. The third-order valence-electron chi connectivity index (χ3n) is 2.37. The van der Waals surface area contributed by atoms with Crippen molar-refractivity contribution in [2.45, 2.75) is 0 Å². The summed E-state index contributed by atoms with van der Waals surface area (Å²) in [5, 5.41) is 2.97. The number of nitrogen functional groups attached to an aromatic ring is 1. The van der Waals surface area contributed by atoms with Gasteiger partial charge in [-0.3, -0.25) is 10.6 Å². The molecule has 0 unspecified atom stereocenters. The average Bonchev–Trinajstić information content (AvgIpc) is 2.41. The standard InChI is InChI=1S/C12H10ClFN4O/c13-7-4-5-10(16-6-7)17-12(19)8-2-1-3-9(14)11(8)18-15/h1-6,18H,15H2,(H,16,17,19). The number of hydrogen-bond donors (Lipinski definition) is 3. The molecule has 0 saturated carbocycles. The smallest absolute Gasteiger partial charge is 0.259 e. The van der Waals surface area contributed by atoms with Gasteiger partial charge in [-0.1, -0.05) is 17.7 Å². The van der Waals surface area contributed by atoms with Crippen LogP contribution in [0.1, 0.15) is 10.4 Å². The Morgan fingerprint density at radius 3 is 2.74 bits per heavy atom. The molecular formula is C12H10ClFN4O. The van der Waals surface area contributed by atoms with E-state index >= 15 is 0 Å². The lowest BCUT2D eigenvalue weighted by atomic mass is 10.1. The summed E-state index contributed by atoms with van der Waals surface area (Å²) in [4.78, 5) is 15.9. The van der Waals surface area contributed by atoms with E-state index in [1.54, 1.807) is 6.07 Å². The molecule has 2 aromatic rings. The lowest BCUT2D eigenvalue weighted by Crippen LogP contribution is -2.18. The molecule has 0 saturated heterocycles. The highest BCUT2D eigenvalue weighted by Crippen LogP contribution is 2.20. The minimum absolute atomic E-state index is 0.0750. The Bertz CT molecular complexity index is 603. The number of hydrogen-bond acceptors (Lipinski definition) is 4. The Morgan fingerprint density at radius 1 is 1.32 bits per heavy atom. The molecule has 0 atom stereocenters. The van der Waals surface area contributed by atoms with Gasteiger partial charge in [-0.25, -0.2) is 9.37 Å². The number of aromatic nitrogens is 1. The summed E-state index contributed by atoms with van der Waals surface area (Å²) in [6, 6.07) is 7.18. The molecular weight excluding hydrogens is 271 g/mol. The molecule has 0 radical (unpaired) electrons. The topological polar surface area (TPSA) is 80.0 Å². The summed E-state index contributed by atoms with van der Waals surface area (Å²) in [5.74, 6) is 4.37. The van der Waals surface area contributed by atoms with Crippen LogP contribution in [0.3, 0.4) is 0 Å². The van der Waals surface area contributed by atoms with E-state index in [2.05, 4.69) is 15.7 Å². The van der Waals surface area contributed by atoms with Crippen LogP contribution in [0.25, 0.3) is 0 Å². The number of anilines is 2. The molecule has 1 amide bonds. The van der Waals surface area contributed by atoms with Crippen molar-refractivity contribution >= 4 is 29.0 Å². The number of nitrogens with zero attached hydrogens (tertiary/aromatic N) is 1. The van der Waals surface area contributed by atoms with Crippen molar-refractivity contribution in [2.24, 2.45) is 5.84 Å². The van der Waals surface area contributed by atoms with E-state index in [0.717, 1.165) is 0 Å². The molecule has 98 valence electrons. The predicted molar refractivity (Wildman–Crippen MR) is 71.4 cm³/mol. The van der Waals surface area contributed by atoms with Gasteiger partial charge in [0, 0.05) is 6.20 Å². The quantitative estimate of drug-likeness (QED) is 0.596. The van der Waals surface area contributed by atoms with Gasteiger partial charge in [0.15, 0.2) is 0 Å². The van der Waals surface area contributed by atoms with Crippen LogP contribution in [0.15, 0.2) is 36.5 Å². The second kappa shape index (κ2) is 5.64. The Labute approximate surface area is 113 Å². The fourth-order valence-electron chi connectivity index (χ4n) is 1.49. The largest absolute Gasteiger partial charge is 0.321 e. The van der Waals surface area contributed by atoms with Crippen LogP contribution in [0.2, 0.25) is 5.02 Å². The van der Waals surface area contributed by atoms with Gasteiger partial charge >= 0.3 is 0 Å². The molecule has 0 bridgehead atoms. The van der Waals surface area contributed by atoms with Crippen LogP contribution in [0, 0.1) is 5.82 Å². The van der Waals surface area contributed by atoms with Crippen molar-refractivity contribution in [2.75, 3.05) is 10.7 Å². The normalized spacial score (nSPS) is 10.1. The van der Waals surface area contributed by atoms with E-state index in [-0.39, 0.29) is 11.3 Å². The number of benzene rings is 1. The van der Waals surface area contributed by atoms with E-state index in [1.165, 1.54) is 30.5 Å². The zero-order valence-electron chi connectivity index (χ0n) is 9.65. The lowest BCUT2D eigenvalue weighted by molar-refractivity contribution is 0.102. The number of carbonyl (C=O) groups excluding carboxylic acids is 1. The third kappa shape index (κ3) is 2.98. The van der Waals surface area contributed by atoms with E-state index < -0.39 is 11.7 Å². The fraction of sp³-hybridized carbons (Fsp3) is 0.